The summed E-state index contributed by atoms with van der Waals surface area (Å²) < 4.78 is 2.64. The van der Waals surface area contributed by atoms with Gasteiger partial charge < -0.3 is 4.90 Å². The van der Waals surface area contributed by atoms with Crippen LogP contribution in [0.25, 0.3) is 75.1 Å². The van der Waals surface area contributed by atoms with Crippen LogP contribution < -0.4 is 4.90 Å². The first-order valence-electron chi connectivity index (χ1n) is 17.8. The molecule has 0 aliphatic rings. The number of thiophene rings is 1. The third-order valence-electron chi connectivity index (χ3n) is 10.3. The van der Waals surface area contributed by atoms with Crippen molar-refractivity contribution < 1.29 is 0 Å². The Labute approximate surface area is 307 Å². The summed E-state index contributed by atoms with van der Waals surface area (Å²) in [5.74, 6) is 0. The van der Waals surface area contributed by atoms with Crippen LogP contribution in [0.4, 0.5) is 17.1 Å². The van der Waals surface area contributed by atoms with Crippen LogP contribution in [-0.2, 0) is 0 Å². The number of rotatable bonds is 6. The Morgan fingerprint density at radius 1 is 0.327 bits per heavy atom. The standard InChI is InChI=1S/C50H33NS/c1-3-12-38-32-40(22-20-34(38)10-1)36-24-28-42(29-25-36)51(47-17-7-5-14-44(47)41-23-21-35-11-2-4-13-39(35)33-41)43-30-26-37(27-31-43)45-16-9-19-49-50(45)46-15-6-8-18-48(46)52-49/h1-33H. The van der Waals surface area contributed by atoms with Crippen molar-refractivity contribution in [3.8, 4) is 33.4 Å². The summed E-state index contributed by atoms with van der Waals surface area (Å²) in [5.41, 5.74) is 10.6. The normalized spacial score (nSPS) is 11.5. The van der Waals surface area contributed by atoms with E-state index in [0.29, 0.717) is 0 Å². The minimum absolute atomic E-state index is 1.11. The van der Waals surface area contributed by atoms with Crippen molar-refractivity contribution in [2.75, 3.05) is 4.90 Å². The van der Waals surface area contributed by atoms with Gasteiger partial charge in [-0.3, -0.25) is 0 Å². The van der Waals surface area contributed by atoms with Gasteiger partial charge >= 0.3 is 0 Å². The zero-order chi connectivity index (χ0) is 34.4. The summed E-state index contributed by atoms with van der Waals surface area (Å²) in [6.45, 7) is 0. The van der Waals surface area contributed by atoms with Crippen molar-refractivity contribution >= 4 is 70.1 Å². The summed E-state index contributed by atoms with van der Waals surface area (Å²) in [5, 5.41) is 7.64. The van der Waals surface area contributed by atoms with Gasteiger partial charge in [-0.05, 0) is 104 Å². The monoisotopic (exact) mass is 679 g/mol. The predicted octanol–water partition coefficient (Wildman–Crippen LogP) is 14.8. The first-order valence-corrected chi connectivity index (χ1v) is 18.6. The molecule has 52 heavy (non-hydrogen) atoms. The van der Waals surface area contributed by atoms with Crippen LogP contribution in [0.3, 0.4) is 0 Å². The molecule has 0 saturated carbocycles. The minimum Gasteiger partial charge on any atom is -0.310 e. The lowest BCUT2D eigenvalue weighted by molar-refractivity contribution is 1.28. The number of hydrogen-bond donors (Lipinski definition) is 0. The van der Waals surface area contributed by atoms with Gasteiger partial charge in [0.05, 0.1) is 5.69 Å². The molecule has 0 atom stereocenters. The predicted molar refractivity (Wildman–Crippen MR) is 225 cm³/mol. The van der Waals surface area contributed by atoms with Crippen LogP contribution in [0.2, 0.25) is 0 Å². The third kappa shape index (κ3) is 5.33. The molecular formula is C50H33NS. The molecule has 0 aliphatic heterocycles. The Hall–Kier alpha value is -6.48. The highest BCUT2D eigenvalue weighted by Crippen LogP contribution is 2.44. The second-order valence-electron chi connectivity index (χ2n) is 13.3. The maximum absolute atomic E-state index is 2.40. The van der Waals surface area contributed by atoms with Gasteiger partial charge in [-0.2, -0.15) is 0 Å². The van der Waals surface area contributed by atoms with Crippen LogP contribution in [0, 0.1) is 0 Å². The molecule has 10 aromatic rings. The highest BCUT2D eigenvalue weighted by Gasteiger charge is 2.18. The fraction of sp³-hybridized carbons (Fsp3) is 0. The van der Waals surface area contributed by atoms with Crippen molar-refractivity contribution in [2.24, 2.45) is 0 Å². The Balaban J connectivity index is 1.10. The molecule has 10 rings (SSSR count). The number of fused-ring (bicyclic) bond motifs is 5. The van der Waals surface area contributed by atoms with E-state index in [-0.39, 0.29) is 0 Å². The molecule has 0 spiro atoms. The summed E-state index contributed by atoms with van der Waals surface area (Å²) in [6, 6.07) is 73.0. The first kappa shape index (κ1) is 30.4. The van der Waals surface area contributed by atoms with Gasteiger partial charge in [0, 0.05) is 37.1 Å². The molecule has 1 nitrogen and oxygen atoms in total. The van der Waals surface area contributed by atoms with Crippen molar-refractivity contribution in [1.82, 2.24) is 0 Å². The van der Waals surface area contributed by atoms with E-state index in [2.05, 4.69) is 205 Å². The highest BCUT2D eigenvalue weighted by atomic mass is 32.1. The molecule has 0 fully saturated rings. The average Bonchev–Trinajstić information content (AvgIpc) is 3.60. The van der Waals surface area contributed by atoms with Crippen LogP contribution in [0.5, 0.6) is 0 Å². The van der Waals surface area contributed by atoms with E-state index in [1.807, 2.05) is 11.3 Å². The molecule has 9 aromatic carbocycles. The quantitative estimate of drug-likeness (QED) is 0.169. The van der Waals surface area contributed by atoms with Gasteiger partial charge in [0.15, 0.2) is 0 Å². The number of para-hydroxylation sites is 1. The second kappa shape index (κ2) is 12.7. The Bertz CT molecular complexity index is 2900. The van der Waals surface area contributed by atoms with Crippen molar-refractivity contribution in [3.63, 3.8) is 0 Å². The topological polar surface area (TPSA) is 3.24 Å². The molecule has 244 valence electrons. The van der Waals surface area contributed by atoms with Gasteiger partial charge in [-0.1, -0.05) is 146 Å². The largest absolute Gasteiger partial charge is 0.310 e. The van der Waals surface area contributed by atoms with Crippen LogP contribution in [-0.4, -0.2) is 0 Å². The molecule has 0 radical (unpaired) electrons. The molecule has 2 heteroatoms. The van der Waals surface area contributed by atoms with E-state index in [0.717, 1.165) is 17.1 Å². The maximum Gasteiger partial charge on any atom is 0.0540 e. The molecule has 0 amide bonds. The van der Waals surface area contributed by atoms with Gasteiger partial charge in [0.1, 0.15) is 0 Å². The number of nitrogens with zero attached hydrogens (tertiary/aromatic N) is 1. The third-order valence-corrected chi connectivity index (χ3v) is 11.4. The fourth-order valence-electron chi connectivity index (χ4n) is 7.67. The minimum atomic E-state index is 1.11. The van der Waals surface area contributed by atoms with Crippen molar-refractivity contribution in [3.05, 3.63) is 200 Å². The smallest absolute Gasteiger partial charge is 0.0540 e. The number of benzene rings is 9. The first-order chi connectivity index (χ1) is 25.8. The van der Waals surface area contributed by atoms with Crippen LogP contribution >= 0.6 is 11.3 Å². The molecule has 0 unspecified atom stereocenters. The summed E-state index contributed by atoms with van der Waals surface area (Å²) >= 11 is 1.86. The Kier molecular flexibility index (Phi) is 7.41. The van der Waals surface area contributed by atoms with E-state index in [9.17, 15) is 0 Å². The highest BCUT2D eigenvalue weighted by molar-refractivity contribution is 7.25. The van der Waals surface area contributed by atoms with Gasteiger partial charge in [0.2, 0.25) is 0 Å². The molecular weight excluding hydrogens is 647 g/mol. The molecule has 0 N–H and O–H groups in total. The molecule has 1 heterocycles. The SMILES string of the molecule is c1ccc(N(c2ccc(-c3ccc4ccccc4c3)cc2)c2ccc(-c3cccc4sc5ccccc5c34)cc2)c(-c2ccc3ccccc3c2)c1. The Morgan fingerprint density at radius 3 is 1.58 bits per heavy atom. The molecule has 0 bridgehead atoms. The van der Waals surface area contributed by atoms with E-state index >= 15 is 0 Å². The van der Waals surface area contributed by atoms with Crippen LogP contribution in [0.1, 0.15) is 0 Å². The number of hydrogen-bond acceptors (Lipinski definition) is 2. The lowest BCUT2D eigenvalue weighted by Crippen LogP contribution is -2.11. The van der Waals surface area contributed by atoms with Gasteiger partial charge in [-0.25, -0.2) is 0 Å². The number of anilines is 3. The lowest BCUT2D eigenvalue weighted by atomic mass is 9.97. The van der Waals surface area contributed by atoms with E-state index < -0.39 is 0 Å². The second-order valence-corrected chi connectivity index (χ2v) is 14.4. The summed E-state index contributed by atoms with van der Waals surface area (Å²) in [7, 11) is 0. The van der Waals surface area contributed by atoms with Crippen molar-refractivity contribution in [2.45, 2.75) is 0 Å². The molecule has 0 aliphatic carbocycles. The lowest BCUT2D eigenvalue weighted by Gasteiger charge is -2.28. The zero-order valence-electron chi connectivity index (χ0n) is 28.4. The maximum atomic E-state index is 2.40. The van der Waals surface area contributed by atoms with Crippen LogP contribution in [0.15, 0.2) is 200 Å². The van der Waals surface area contributed by atoms with E-state index in [1.165, 1.54) is 75.1 Å². The van der Waals surface area contributed by atoms with Crippen molar-refractivity contribution in [1.29, 1.82) is 0 Å². The van der Waals surface area contributed by atoms with Gasteiger partial charge in [0.25, 0.3) is 0 Å². The summed E-state index contributed by atoms with van der Waals surface area (Å²) in [6.07, 6.45) is 0. The fourth-order valence-corrected chi connectivity index (χ4v) is 8.81. The van der Waals surface area contributed by atoms with E-state index in [1.54, 1.807) is 0 Å². The zero-order valence-corrected chi connectivity index (χ0v) is 29.2. The Morgan fingerprint density at radius 2 is 0.846 bits per heavy atom. The van der Waals surface area contributed by atoms with Gasteiger partial charge in [-0.15, -0.1) is 11.3 Å². The molecule has 0 saturated heterocycles. The molecule has 1 aromatic heterocycles. The van der Waals surface area contributed by atoms with E-state index in [4.69, 9.17) is 0 Å². The summed E-state index contributed by atoms with van der Waals surface area (Å²) in [4.78, 5) is 2.40. The average molecular weight is 680 g/mol.